The largest absolute Gasteiger partial charge is 0.465 e. The zero-order valence-electron chi connectivity index (χ0n) is 12.5. The van der Waals surface area contributed by atoms with Crippen molar-refractivity contribution in [2.45, 2.75) is 4.90 Å². The molecule has 0 fully saturated rings. The van der Waals surface area contributed by atoms with E-state index in [2.05, 4.69) is 5.32 Å². The molecular weight excluding hydrogens is 351 g/mol. The Hall–Kier alpha value is -3.20. The highest BCUT2D eigenvalue weighted by Crippen LogP contribution is 2.31. The number of carbonyl (C=O) groups excluding carboxylic acids is 1. The number of aromatic nitrogens is 1. The van der Waals surface area contributed by atoms with E-state index in [-0.39, 0.29) is 27.0 Å². The van der Waals surface area contributed by atoms with Crippen LogP contribution in [-0.2, 0) is 10.0 Å². The Morgan fingerprint density at radius 1 is 1.20 bits per heavy atom. The molecule has 3 aromatic rings. The number of carbonyl (C=O) groups is 2. The summed E-state index contributed by atoms with van der Waals surface area (Å²) in [4.78, 5) is 22.0. The fraction of sp³-hybridized carbons (Fsp3) is 0. The van der Waals surface area contributed by atoms with E-state index in [0.29, 0.717) is 6.29 Å². The number of halogens is 1. The van der Waals surface area contributed by atoms with E-state index in [9.17, 15) is 22.4 Å². The van der Waals surface area contributed by atoms with E-state index in [0.717, 1.165) is 22.3 Å². The highest BCUT2D eigenvalue weighted by Gasteiger charge is 2.23. The molecule has 1 heterocycles. The van der Waals surface area contributed by atoms with Gasteiger partial charge in [-0.2, -0.15) is 0 Å². The summed E-state index contributed by atoms with van der Waals surface area (Å²) in [5.74, 6) is -0.721. The normalized spacial score (nSPS) is 11.4. The number of benzene rings is 2. The number of hydrogen-bond acceptors (Lipinski definition) is 4. The van der Waals surface area contributed by atoms with Gasteiger partial charge in [0.05, 0.1) is 16.1 Å². The third kappa shape index (κ3) is 2.85. The Labute approximate surface area is 141 Å². The molecular formula is C16H11FN2O5S. The molecule has 2 aromatic carbocycles. The van der Waals surface area contributed by atoms with Gasteiger partial charge in [0.2, 0.25) is 0 Å². The molecule has 0 spiro atoms. The maximum Gasteiger partial charge on any atom is 0.409 e. The molecule has 1 aromatic heterocycles. The van der Waals surface area contributed by atoms with Gasteiger partial charge in [-0.1, -0.05) is 12.1 Å². The van der Waals surface area contributed by atoms with Crippen molar-refractivity contribution in [3.63, 3.8) is 0 Å². The molecule has 0 unspecified atom stereocenters. The zero-order valence-corrected chi connectivity index (χ0v) is 13.3. The maximum atomic E-state index is 13.4. The van der Waals surface area contributed by atoms with E-state index < -0.39 is 21.9 Å². The van der Waals surface area contributed by atoms with Gasteiger partial charge in [0.1, 0.15) is 5.82 Å². The number of aldehydes is 1. The lowest BCUT2D eigenvalue weighted by atomic mass is 10.1. The topological polar surface area (TPSA) is 105 Å². The zero-order chi connectivity index (χ0) is 18.2. The molecule has 2 N–H and O–H groups in total. The average molecular weight is 362 g/mol. The summed E-state index contributed by atoms with van der Waals surface area (Å²) < 4.78 is 39.8. The molecule has 0 aliphatic heterocycles. The first kappa shape index (κ1) is 16.7. The Morgan fingerprint density at radius 2 is 1.92 bits per heavy atom. The second-order valence-corrected chi connectivity index (χ2v) is 6.91. The van der Waals surface area contributed by atoms with Gasteiger partial charge in [-0.15, -0.1) is 0 Å². The van der Waals surface area contributed by atoms with E-state index in [1.807, 2.05) is 0 Å². The summed E-state index contributed by atoms with van der Waals surface area (Å²) in [5.41, 5.74) is 0.150. The fourth-order valence-electron chi connectivity index (χ4n) is 2.54. The van der Waals surface area contributed by atoms with Gasteiger partial charge in [0, 0.05) is 17.1 Å². The molecule has 0 atom stereocenters. The standard InChI is InChI=1S/C16H11FN2O5S/c17-11-3-1-4-12(7-11)25(23,24)19-8-10(9-20)15-13(18-16(21)22)5-2-6-14(15)19/h1-9,18H,(H,21,22). The summed E-state index contributed by atoms with van der Waals surface area (Å²) in [6, 6.07) is 8.73. The fourth-order valence-corrected chi connectivity index (χ4v) is 3.94. The molecule has 3 rings (SSSR count). The van der Waals surface area contributed by atoms with Crippen LogP contribution in [0.1, 0.15) is 10.4 Å². The Kier molecular flexibility index (Phi) is 4.01. The number of rotatable bonds is 4. The number of carboxylic acid groups (broad SMARTS) is 1. The minimum absolute atomic E-state index is 0.0145. The highest BCUT2D eigenvalue weighted by atomic mass is 32.2. The van der Waals surface area contributed by atoms with Crippen LogP contribution in [0.15, 0.2) is 53.6 Å². The van der Waals surface area contributed by atoms with Crippen molar-refractivity contribution in [2.75, 3.05) is 5.32 Å². The first-order valence-corrected chi connectivity index (χ1v) is 8.39. The van der Waals surface area contributed by atoms with E-state index in [4.69, 9.17) is 5.11 Å². The van der Waals surface area contributed by atoms with Crippen LogP contribution in [0.2, 0.25) is 0 Å². The number of amides is 1. The lowest BCUT2D eigenvalue weighted by Crippen LogP contribution is -2.12. The number of fused-ring (bicyclic) bond motifs is 1. The molecule has 0 aliphatic carbocycles. The van der Waals surface area contributed by atoms with Gasteiger partial charge in [0.15, 0.2) is 6.29 Å². The SMILES string of the molecule is O=Cc1cn(S(=O)(=O)c2cccc(F)c2)c2cccc(NC(=O)O)c12. The highest BCUT2D eigenvalue weighted by molar-refractivity contribution is 7.90. The first-order valence-electron chi connectivity index (χ1n) is 6.95. The first-order chi connectivity index (χ1) is 11.8. The Balaban J connectivity index is 2.31. The van der Waals surface area contributed by atoms with Crippen LogP contribution < -0.4 is 5.32 Å². The molecule has 0 aliphatic rings. The van der Waals surface area contributed by atoms with Crippen molar-refractivity contribution in [3.05, 3.63) is 60.0 Å². The third-order valence-corrected chi connectivity index (χ3v) is 5.22. The van der Waals surface area contributed by atoms with Gasteiger partial charge in [-0.05, 0) is 30.3 Å². The molecule has 9 heteroatoms. The number of anilines is 1. The van der Waals surface area contributed by atoms with Crippen molar-refractivity contribution >= 4 is 39.0 Å². The maximum absolute atomic E-state index is 13.4. The number of hydrogen-bond donors (Lipinski definition) is 2. The molecule has 128 valence electrons. The molecule has 0 bridgehead atoms. The summed E-state index contributed by atoms with van der Waals surface area (Å²) >= 11 is 0. The molecule has 7 nitrogen and oxygen atoms in total. The van der Waals surface area contributed by atoms with Crippen LogP contribution in [0, 0.1) is 5.82 Å². The minimum atomic E-state index is -4.18. The Morgan fingerprint density at radius 3 is 2.56 bits per heavy atom. The molecule has 0 saturated heterocycles. The van der Waals surface area contributed by atoms with Crippen LogP contribution in [0.25, 0.3) is 10.9 Å². The van der Waals surface area contributed by atoms with Gasteiger partial charge in [0.25, 0.3) is 10.0 Å². The van der Waals surface area contributed by atoms with Crippen LogP contribution in [0.5, 0.6) is 0 Å². The van der Waals surface area contributed by atoms with Crippen molar-refractivity contribution in [2.24, 2.45) is 0 Å². The Bertz CT molecular complexity index is 1100. The van der Waals surface area contributed by atoms with Crippen LogP contribution >= 0.6 is 0 Å². The van der Waals surface area contributed by atoms with E-state index in [1.165, 1.54) is 30.3 Å². The lowest BCUT2D eigenvalue weighted by Gasteiger charge is -2.08. The quantitative estimate of drug-likeness (QED) is 0.694. The number of nitrogens with one attached hydrogen (secondary N) is 1. The second-order valence-electron chi connectivity index (χ2n) is 5.09. The van der Waals surface area contributed by atoms with Gasteiger partial charge in [-0.25, -0.2) is 21.6 Å². The second kappa shape index (κ2) is 6.02. The lowest BCUT2D eigenvalue weighted by molar-refractivity contribution is 0.112. The smallest absolute Gasteiger partial charge is 0.409 e. The van der Waals surface area contributed by atoms with E-state index in [1.54, 1.807) is 0 Å². The summed E-state index contributed by atoms with van der Waals surface area (Å²) in [7, 11) is -4.18. The van der Waals surface area contributed by atoms with Crippen molar-refractivity contribution < 1.29 is 27.5 Å². The molecule has 1 amide bonds. The van der Waals surface area contributed by atoms with Crippen molar-refractivity contribution in [1.82, 2.24) is 3.97 Å². The van der Waals surface area contributed by atoms with Crippen molar-refractivity contribution in [3.8, 4) is 0 Å². The summed E-state index contributed by atoms with van der Waals surface area (Å²) in [6.07, 6.45) is 0.142. The average Bonchev–Trinajstić information content (AvgIpc) is 2.95. The van der Waals surface area contributed by atoms with Gasteiger partial charge in [-0.3, -0.25) is 10.1 Å². The predicted molar refractivity (Wildman–Crippen MR) is 88.0 cm³/mol. The monoisotopic (exact) mass is 362 g/mol. The van der Waals surface area contributed by atoms with Gasteiger partial charge >= 0.3 is 6.09 Å². The van der Waals surface area contributed by atoms with Crippen LogP contribution in [0.3, 0.4) is 0 Å². The third-order valence-electron chi connectivity index (χ3n) is 3.55. The molecule has 0 saturated carbocycles. The summed E-state index contributed by atoms with van der Waals surface area (Å²) in [5, 5.41) is 11.2. The van der Waals surface area contributed by atoms with Gasteiger partial charge < -0.3 is 5.11 Å². The van der Waals surface area contributed by atoms with Crippen molar-refractivity contribution in [1.29, 1.82) is 0 Å². The van der Waals surface area contributed by atoms with Crippen LogP contribution in [0.4, 0.5) is 14.9 Å². The molecule has 0 radical (unpaired) electrons. The minimum Gasteiger partial charge on any atom is -0.465 e. The van der Waals surface area contributed by atoms with Crippen LogP contribution in [-0.4, -0.2) is 29.9 Å². The number of nitrogens with zero attached hydrogens (tertiary/aromatic N) is 1. The molecule has 25 heavy (non-hydrogen) atoms. The summed E-state index contributed by atoms with van der Waals surface area (Å²) in [6.45, 7) is 0. The van der Waals surface area contributed by atoms with E-state index >= 15 is 0 Å². The predicted octanol–water partition coefficient (Wildman–Crippen LogP) is 2.92.